The van der Waals surface area contributed by atoms with Crippen LogP contribution in [0.4, 0.5) is 0 Å². The van der Waals surface area contributed by atoms with Gasteiger partial charge in [-0.1, -0.05) is 29.8 Å². The molecule has 0 radical (unpaired) electrons. The van der Waals surface area contributed by atoms with Gasteiger partial charge in [-0.3, -0.25) is 0 Å². The number of benzene rings is 2. The van der Waals surface area contributed by atoms with Crippen molar-refractivity contribution in [3.63, 3.8) is 0 Å². The molecule has 0 spiro atoms. The number of rotatable bonds is 3. The van der Waals surface area contributed by atoms with E-state index in [1.165, 1.54) is 5.56 Å². The molecular weight excluding hydrogens is 296 g/mol. The molecule has 110 valence electrons. The molecule has 4 heteroatoms. The Hall–Kier alpha value is -2.39. The fraction of sp³-hybridized carbons (Fsp3) is 0.111. The SMILES string of the molecule is Cc1cc(C)c(Oc2ncccn2)c(-c2ccc(Cl)cc2)c1. The van der Waals surface area contributed by atoms with Crippen molar-refractivity contribution in [3.05, 3.63) is 71.0 Å². The quantitative estimate of drug-likeness (QED) is 0.666. The first-order valence-corrected chi connectivity index (χ1v) is 7.33. The molecule has 0 bridgehead atoms. The van der Waals surface area contributed by atoms with Gasteiger partial charge >= 0.3 is 6.01 Å². The summed E-state index contributed by atoms with van der Waals surface area (Å²) in [7, 11) is 0. The zero-order chi connectivity index (χ0) is 15.5. The minimum absolute atomic E-state index is 0.338. The Labute approximate surface area is 134 Å². The third kappa shape index (κ3) is 3.10. The van der Waals surface area contributed by atoms with Crippen LogP contribution in [-0.4, -0.2) is 9.97 Å². The van der Waals surface area contributed by atoms with Gasteiger partial charge in [0.2, 0.25) is 0 Å². The molecule has 22 heavy (non-hydrogen) atoms. The average Bonchev–Trinajstić information content (AvgIpc) is 2.52. The molecule has 2 aromatic carbocycles. The first kappa shape index (κ1) is 14.5. The Morgan fingerprint density at radius 3 is 2.32 bits per heavy atom. The van der Waals surface area contributed by atoms with Crippen LogP contribution in [0.15, 0.2) is 54.9 Å². The van der Waals surface area contributed by atoms with E-state index >= 15 is 0 Å². The molecule has 0 unspecified atom stereocenters. The largest absolute Gasteiger partial charge is 0.423 e. The number of nitrogens with zero attached hydrogens (tertiary/aromatic N) is 2. The second kappa shape index (κ2) is 6.16. The third-order valence-electron chi connectivity index (χ3n) is 3.31. The summed E-state index contributed by atoms with van der Waals surface area (Å²) in [6, 6.07) is 14.0. The fourth-order valence-corrected chi connectivity index (χ4v) is 2.49. The lowest BCUT2D eigenvalue weighted by Crippen LogP contribution is -1.96. The smallest absolute Gasteiger partial charge is 0.321 e. The highest BCUT2D eigenvalue weighted by Crippen LogP contribution is 2.36. The van der Waals surface area contributed by atoms with Crippen LogP contribution in [0.1, 0.15) is 11.1 Å². The van der Waals surface area contributed by atoms with Gasteiger partial charge in [-0.15, -0.1) is 0 Å². The van der Waals surface area contributed by atoms with Crippen LogP contribution in [-0.2, 0) is 0 Å². The molecule has 3 aromatic rings. The van der Waals surface area contributed by atoms with Crippen LogP contribution < -0.4 is 4.74 Å². The van der Waals surface area contributed by atoms with E-state index in [1.54, 1.807) is 18.5 Å². The van der Waals surface area contributed by atoms with E-state index in [-0.39, 0.29) is 0 Å². The number of hydrogen-bond acceptors (Lipinski definition) is 3. The number of aromatic nitrogens is 2. The molecule has 0 fully saturated rings. The first-order valence-electron chi connectivity index (χ1n) is 6.95. The summed E-state index contributed by atoms with van der Waals surface area (Å²) in [5.41, 5.74) is 4.25. The maximum absolute atomic E-state index is 5.98. The van der Waals surface area contributed by atoms with Crippen LogP contribution in [0.3, 0.4) is 0 Å². The second-order valence-electron chi connectivity index (χ2n) is 5.10. The summed E-state index contributed by atoms with van der Waals surface area (Å²) in [4.78, 5) is 8.26. The summed E-state index contributed by atoms with van der Waals surface area (Å²) in [6.45, 7) is 4.08. The van der Waals surface area contributed by atoms with Crippen molar-refractivity contribution in [1.82, 2.24) is 9.97 Å². The van der Waals surface area contributed by atoms with Gasteiger partial charge in [-0.05, 0) is 54.8 Å². The Balaban J connectivity index is 2.10. The van der Waals surface area contributed by atoms with Crippen LogP contribution >= 0.6 is 11.6 Å². The van der Waals surface area contributed by atoms with Crippen molar-refractivity contribution < 1.29 is 4.74 Å². The average molecular weight is 311 g/mol. The summed E-state index contributed by atoms with van der Waals surface area (Å²) >= 11 is 5.98. The Kier molecular flexibility index (Phi) is 4.07. The van der Waals surface area contributed by atoms with Crippen LogP contribution in [0, 0.1) is 13.8 Å². The summed E-state index contributed by atoms with van der Waals surface area (Å²) in [6.07, 6.45) is 3.32. The summed E-state index contributed by atoms with van der Waals surface area (Å²) in [5.74, 6) is 0.763. The maximum atomic E-state index is 5.98. The number of aryl methyl sites for hydroxylation is 2. The minimum atomic E-state index is 0.338. The van der Waals surface area contributed by atoms with E-state index in [9.17, 15) is 0 Å². The van der Waals surface area contributed by atoms with Gasteiger partial charge in [-0.2, -0.15) is 0 Å². The van der Waals surface area contributed by atoms with Gasteiger partial charge in [0.15, 0.2) is 0 Å². The van der Waals surface area contributed by atoms with Gasteiger partial charge in [-0.25, -0.2) is 9.97 Å². The number of hydrogen-bond donors (Lipinski definition) is 0. The monoisotopic (exact) mass is 310 g/mol. The van der Waals surface area contributed by atoms with Gasteiger partial charge < -0.3 is 4.74 Å². The maximum Gasteiger partial charge on any atom is 0.321 e. The molecule has 1 heterocycles. The molecule has 0 saturated heterocycles. The topological polar surface area (TPSA) is 35.0 Å². The molecular formula is C18H15ClN2O. The molecule has 0 aliphatic carbocycles. The highest BCUT2D eigenvalue weighted by atomic mass is 35.5. The molecule has 0 amide bonds. The zero-order valence-electron chi connectivity index (χ0n) is 12.4. The number of ether oxygens (including phenoxy) is 1. The predicted octanol–water partition coefficient (Wildman–Crippen LogP) is 5.21. The van der Waals surface area contributed by atoms with Gasteiger partial charge in [0.05, 0.1) is 0 Å². The minimum Gasteiger partial charge on any atom is -0.423 e. The second-order valence-corrected chi connectivity index (χ2v) is 5.54. The number of halogens is 1. The van der Waals surface area contributed by atoms with Crippen molar-refractivity contribution in [2.75, 3.05) is 0 Å². The molecule has 0 atom stereocenters. The molecule has 1 aromatic heterocycles. The van der Waals surface area contributed by atoms with Crippen molar-refractivity contribution in [3.8, 4) is 22.9 Å². The molecule has 0 aliphatic rings. The zero-order valence-corrected chi connectivity index (χ0v) is 13.1. The predicted molar refractivity (Wildman–Crippen MR) is 88.5 cm³/mol. The lowest BCUT2D eigenvalue weighted by molar-refractivity contribution is 0.440. The molecule has 0 N–H and O–H groups in total. The highest BCUT2D eigenvalue weighted by molar-refractivity contribution is 6.30. The van der Waals surface area contributed by atoms with Crippen LogP contribution in [0.2, 0.25) is 5.02 Å². The van der Waals surface area contributed by atoms with E-state index in [2.05, 4.69) is 29.0 Å². The van der Waals surface area contributed by atoms with Gasteiger partial charge in [0.1, 0.15) is 5.75 Å². The third-order valence-corrected chi connectivity index (χ3v) is 3.56. The lowest BCUT2D eigenvalue weighted by atomic mass is 9.99. The standard InChI is InChI=1S/C18H15ClN2O/c1-12-10-13(2)17(22-18-20-8-3-9-21-18)16(11-12)14-4-6-15(19)7-5-14/h3-11H,1-2H3. The van der Waals surface area contributed by atoms with Crippen molar-refractivity contribution in [2.45, 2.75) is 13.8 Å². The van der Waals surface area contributed by atoms with Crippen LogP contribution in [0.5, 0.6) is 11.8 Å². The van der Waals surface area contributed by atoms with E-state index in [0.29, 0.717) is 11.0 Å². The summed E-state index contributed by atoms with van der Waals surface area (Å²) in [5, 5.41) is 0.710. The molecule has 0 aliphatic heterocycles. The summed E-state index contributed by atoms with van der Waals surface area (Å²) < 4.78 is 5.92. The first-order chi connectivity index (χ1) is 10.6. The normalized spacial score (nSPS) is 10.5. The van der Waals surface area contributed by atoms with Crippen molar-refractivity contribution in [1.29, 1.82) is 0 Å². The Bertz CT molecular complexity index is 786. The Morgan fingerprint density at radius 2 is 1.64 bits per heavy atom. The molecule has 0 saturated carbocycles. The van der Waals surface area contributed by atoms with Gasteiger partial charge in [0.25, 0.3) is 0 Å². The highest BCUT2D eigenvalue weighted by Gasteiger charge is 2.13. The molecule has 3 nitrogen and oxygen atoms in total. The van der Waals surface area contributed by atoms with E-state index < -0.39 is 0 Å². The van der Waals surface area contributed by atoms with Crippen molar-refractivity contribution >= 4 is 11.6 Å². The Morgan fingerprint density at radius 1 is 0.955 bits per heavy atom. The van der Waals surface area contributed by atoms with Gasteiger partial charge in [0, 0.05) is 23.0 Å². The lowest BCUT2D eigenvalue weighted by Gasteiger charge is -2.14. The van der Waals surface area contributed by atoms with Crippen LogP contribution in [0.25, 0.3) is 11.1 Å². The van der Waals surface area contributed by atoms with Crippen molar-refractivity contribution in [2.24, 2.45) is 0 Å². The van der Waals surface area contributed by atoms with E-state index in [4.69, 9.17) is 16.3 Å². The molecule has 3 rings (SSSR count). The van der Waals surface area contributed by atoms with E-state index in [1.807, 2.05) is 31.2 Å². The fourth-order valence-electron chi connectivity index (χ4n) is 2.36. The van der Waals surface area contributed by atoms with E-state index in [0.717, 1.165) is 22.4 Å².